The zero-order valence-corrected chi connectivity index (χ0v) is 48.8. The number of rotatable bonds is 55. The summed E-state index contributed by atoms with van der Waals surface area (Å²) < 4.78 is 23.2. The highest BCUT2D eigenvalue weighted by Gasteiger charge is 2.23. The summed E-state index contributed by atoms with van der Waals surface area (Å²) in [4.78, 5) is 25.3. The molecule has 2 N–H and O–H groups in total. The third-order valence-corrected chi connectivity index (χ3v) is 14.4. The van der Waals surface area contributed by atoms with Gasteiger partial charge < -0.3 is 28.8 Å². The quantitative estimate of drug-likeness (QED) is 0.0272. The topological polar surface area (TPSA) is 108 Å². The molecule has 0 aromatic heterocycles. The Balaban J connectivity index is 3.78. The standard InChI is InChI=1S/C63H117N2O6P/c1-6-8-10-12-14-16-17-18-19-20-21-22-23-24-25-26-27-28-29-30-31-32-33-34-35-36-37-38-39-40-41-42-43-44-45-46-47-49-51-53-55-57-63(67)64-61(60-71-72(68,69)70-59-58-65(3,4)5)62(66)56-54-52-50-48-15-13-11-9-7-2/h7,9,15,17-18,20-21,23-24,48,54,56,61-62,66H,6,8,10-14,16,19,22,25-47,49-53,55,57-60H2,1-5H3,(H-,64,67,68,69)/b9-7+,18-17-,21-20-,24-23-,48-15+,56-54+. The van der Waals surface area contributed by atoms with Crippen LogP contribution in [0.1, 0.15) is 271 Å². The molecule has 420 valence electrons. The molecule has 0 spiro atoms. The lowest BCUT2D eigenvalue weighted by atomic mass is 10.0. The van der Waals surface area contributed by atoms with Gasteiger partial charge in [0.15, 0.2) is 0 Å². The van der Waals surface area contributed by atoms with E-state index in [9.17, 15) is 19.4 Å². The van der Waals surface area contributed by atoms with E-state index in [2.05, 4.69) is 66.9 Å². The third-order valence-electron chi connectivity index (χ3n) is 13.5. The third kappa shape index (κ3) is 55.7. The number of hydrogen-bond donors (Lipinski definition) is 2. The molecule has 9 heteroatoms. The lowest BCUT2D eigenvalue weighted by Crippen LogP contribution is -2.45. The molecule has 0 saturated carbocycles. The number of carbonyl (C=O) groups excluding carboxylic acids is 1. The summed E-state index contributed by atoms with van der Waals surface area (Å²) in [6, 6.07) is -0.908. The first-order valence-corrected chi connectivity index (χ1v) is 31.7. The summed E-state index contributed by atoms with van der Waals surface area (Å²) >= 11 is 0. The molecule has 0 bridgehead atoms. The Morgan fingerprint density at radius 3 is 1.29 bits per heavy atom. The molecule has 3 unspecified atom stereocenters. The number of amides is 1. The molecule has 1 amide bonds. The number of unbranched alkanes of at least 4 members (excludes halogenated alkanes) is 33. The molecule has 0 heterocycles. The van der Waals surface area contributed by atoms with E-state index in [1.54, 1.807) is 6.08 Å². The van der Waals surface area contributed by atoms with Crippen LogP contribution in [0, 0.1) is 0 Å². The van der Waals surface area contributed by atoms with Crippen molar-refractivity contribution in [3.63, 3.8) is 0 Å². The minimum Gasteiger partial charge on any atom is -0.756 e. The SMILES string of the molecule is C/C=C/CC/C=C/CC/C=C/C(O)C(COP(=O)([O-])OCC[N+](C)(C)C)NC(=O)CCCCCCCCCCCCCCCCCCCCCCCCCCCC/C=C\C/C=C\C/C=C\CCCCCCC. The monoisotopic (exact) mass is 1030 g/mol. The number of nitrogens with one attached hydrogen (secondary N) is 1. The summed E-state index contributed by atoms with van der Waals surface area (Å²) in [5.74, 6) is -0.212. The molecule has 0 radical (unpaired) electrons. The van der Waals surface area contributed by atoms with Crippen molar-refractivity contribution in [2.24, 2.45) is 0 Å². The number of allylic oxidation sites excluding steroid dienone is 11. The Morgan fingerprint density at radius 1 is 0.514 bits per heavy atom. The predicted molar refractivity (Wildman–Crippen MR) is 311 cm³/mol. The number of phosphoric acid groups is 1. The summed E-state index contributed by atoms with van der Waals surface area (Å²) in [5.41, 5.74) is 0. The number of aliphatic hydroxyl groups excluding tert-OH is 1. The van der Waals surface area contributed by atoms with E-state index in [0.29, 0.717) is 17.4 Å². The lowest BCUT2D eigenvalue weighted by Gasteiger charge is -2.29. The van der Waals surface area contributed by atoms with E-state index in [-0.39, 0.29) is 12.5 Å². The van der Waals surface area contributed by atoms with Gasteiger partial charge in [-0.2, -0.15) is 0 Å². The number of quaternary nitrogens is 1. The number of carbonyl (C=O) groups is 1. The van der Waals surface area contributed by atoms with Crippen LogP contribution in [0.25, 0.3) is 0 Å². The fraction of sp³-hybridized carbons (Fsp3) is 0.794. The van der Waals surface area contributed by atoms with E-state index in [4.69, 9.17) is 9.05 Å². The van der Waals surface area contributed by atoms with Gasteiger partial charge in [0, 0.05) is 6.42 Å². The van der Waals surface area contributed by atoms with E-state index in [1.165, 1.54) is 193 Å². The highest BCUT2D eigenvalue weighted by molar-refractivity contribution is 7.45. The summed E-state index contributed by atoms with van der Waals surface area (Å²) in [5, 5.41) is 13.7. The molecule has 0 aliphatic carbocycles. The van der Waals surface area contributed by atoms with Crippen LogP contribution in [0.5, 0.6) is 0 Å². The van der Waals surface area contributed by atoms with Gasteiger partial charge in [0.2, 0.25) is 5.91 Å². The van der Waals surface area contributed by atoms with Gasteiger partial charge in [-0.25, -0.2) is 0 Å². The van der Waals surface area contributed by atoms with Crippen LogP contribution in [-0.2, 0) is 18.4 Å². The van der Waals surface area contributed by atoms with E-state index >= 15 is 0 Å². The van der Waals surface area contributed by atoms with Crippen LogP contribution in [0.2, 0.25) is 0 Å². The molecule has 0 aromatic carbocycles. The van der Waals surface area contributed by atoms with Gasteiger partial charge in [-0.15, -0.1) is 0 Å². The van der Waals surface area contributed by atoms with Crippen molar-refractivity contribution in [3.8, 4) is 0 Å². The summed E-state index contributed by atoms with van der Waals surface area (Å²) in [6.07, 6.45) is 74.9. The maximum Gasteiger partial charge on any atom is 0.268 e. The average molecular weight is 1030 g/mol. The van der Waals surface area contributed by atoms with Gasteiger partial charge in [-0.3, -0.25) is 9.36 Å². The minimum atomic E-state index is -4.60. The normalized spacial score (nSPS) is 14.4. The van der Waals surface area contributed by atoms with E-state index < -0.39 is 26.6 Å². The number of hydrogen-bond acceptors (Lipinski definition) is 6. The molecule has 0 rings (SSSR count). The molecule has 0 saturated heterocycles. The Morgan fingerprint density at radius 2 is 0.875 bits per heavy atom. The molecule has 0 aliphatic rings. The van der Waals surface area contributed by atoms with Crippen molar-refractivity contribution in [2.75, 3.05) is 40.9 Å². The fourth-order valence-corrected chi connectivity index (χ4v) is 9.45. The molecular weight excluding hydrogens is 912 g/mol. The van der Waals surface area contributed by atoms with Crippen LogP contribution in [0.15, 0.2) is 72.9 Å². The Hall–Kier alpha value is -2.06. The van der Waals surface area contributed by atoms with Crippen molar-refractivity contribution in [1.82, 2.24) is 5.32 Å². The first-order chi connectivity index (χ1) is 35.0. The molecule has 0 aromatic rings. The summed E-state index contributed by atoms with van der Waals surface area (Å²) in [7, 11) is 1.23. The largest absolute Gasteiger partial charge is 0.756 e. The number of nitrogens with zero attached hydrogens (tertiary/aromatic N) is 1. The van der Waals surface area contributed by atoms with Crippen molar-refractivity contribution in [1.29, 1.82) is 0 Å². The maximum absolute atomic E-state index is 12.9. The first kappa shape index (κ1) is 69.9. The van der Waals surface area contributed by atoms with Crippen LogP contribution >= 0.6 is 7.82 Å². The Labute approximate surface area is 446 Å². The van der Waals surface area contributed by atoms with Crippen molar-refractivity contribution >= 4 is 13.7 Å². The minimum absolute atomic E-state index is 0.00997. The molecule has 72 heavy (non-hydrogen) atoms. The van der Waals surface area contributed by atoms with E-state index in [0.717, 1.165) is 57.8 Å². The van der Waals surface area contributed by atoms with Gasteiger partial charge in [-0.1, -0.05) is 260 Å². The zero-order chi connectivity index (χ0) is 52.7. The molecular formula is C63H117N2O6P. The lowest BCUT2D eigenvalue weighted by molar-refractivity contribution is -0.870. The number of phosphoric ester groups is 1. The van der Waals surface area contributed by atoms with E-state index in [1.807, 2.05) is 40.2 Å². The van der Waals surface area contributed by atoms with Crippen LogP contribution in [0.3, 0.4) is 0 Å². The Bertz CT molecular complexity index is 1400. The van der Waals surface area contributed by atoms with Crippen molar-refractivity contribution in [2.45, 2.75) is 283 Å². The van der Waals surface area contributed by atoms with Gasteiger partial charge in [0.1, 0.15) is 13.2 Å². The van der Waals surface area contributed by atoms with Crippen LogP contribution < -0.4 is 10.2 Å². The van der Waals surface area contributed by atoms with Gasteiger partial charge in [-0.05, 0) is 77.6 Å². The highest BCUT2D eigenvalue weighted by atomic mass is 31.2. The molecule has 8 nitrogen and oxygen atoms in total. The van der Waals surface area contributed by atoms with Gasteiger partial charge in [0.05, 0.1) is 39.9 Å². The second-order valence-corrected chi connectivity index (χ2v) is 23.1. The maximum atomic E-state index is 12.9. The van der Waals surface area contributed by atoms with Gasteiger partial charge in [0.25, 0.3) is 7.82 Å². The van der Waals surface area contributed by atoms with Gasteiger partial charge >= 0.3 is 0 Å². The molecule has 0 fully saturated rings. The van der Waals surface area contributed by atoms with Crippen LogP contribution in [-0.4, -0.2) is 68.5 Å². The van der Waals surface area contributed by atoms with Crippen LogP contribution in [0.4, 0.5) is 0 Å². The fourth-order valence-electron chi connectivity index (χ4n) is 8.73. The smallest absolute Gasteiger partial charge is 0.268 e. The number of aliphatic hydroxyl groups is 1. The average Bonchev–Trinajstić information content (AvgIpc) is 3.34. The first-order valence-electron chi connectivity index (χ1n) is 30.3. The molecule has 3 atom stereocenters. The zero-order valence-electron chi connectivity index (χ0n) is 47.9. The second kappa shape index (κ2) is 53.8. The molecule has 0 aliphatic heterocycles. The van der Waals surface area contributed by atoms with Crippen molar-refractivity contribution < 1.29 is 32.9 Å². The summed E-state index contributed by atoms with van der Waals surface area (Å²) in [6.45, 7) is 4.38. The predicted octanol–water partition coefficient (Wildman–Crippen LogP) is 18.0. The second-order valence-electron chi connectivity index (χ2n) is 21.7. The number of likely N-dealkylation sites (N-methyl/N-ethyl adjacent to an activating group) is 1. The Kier molecular flexibility index (Phi) is 52.2. The van der Waals surface area contributed by atoms with Crippen molar-refractivity contribution in [3.05, 3.63) is 72.9 Å². The highest BCUT2D eigenvalue weighted by Crippen LogP contribution is 2.38.